The first kappa shape index (κ1) is 13.8. The Morgan fingerprint density at radius 1 is 1.25 bits per heavy atom. The Labute approximate surface area is 124 Å². The summed E-state index contributed by atoms with van der Waals surface area (Å²) in [4.78, 5) is 14.7. The van der Waals surface area contributed by atoms with Gasteiger partial charge in [0.05, 0.1) is 0 Å². The minimum atomic E-state index is 0.141. The number of hydrogen-bond acceptors (Lipinski definition) is 3. The molecule has 108 valence electrons. The molecule has 1 aliphatic heterocycles. The molecule has 3 nitrogen and oxygen atoms in total. The van der Waals surface area contributed by atoms with Crippen LogP contribution in [0.25, 0.3) is 0 Å². The maximum Gasteiger partial charge on any atom is 0.254 e. The number of rotatable bonds is 1. The Hall–Kier alpha value is -1.16. The Balaban J connectivity index is 1.74. The van der Waals surface area contributed by atoms with E-state index in [1.807, 2.05) is 23.1 Å². The first-order valence-electron chi connectivity index (χ1n) is 7.47. The highest BCUT2D eigenvalue weighted by Crippen LogP contribution is 2.42. The van der Waals surface area contributed by atoms with Gasteiger partial charge in [-0.15, -0.1) is 0 Å². The fourth-order valence-corrected chi connectivity index (χ4v) is 4.94. The van der Waals surface area contributed by atoms with Gasteiger partial charge < -0.3 is 10.6 Å². The monoisotopic (exact) mass is 290 g/mol. The molecule has 0 aromatic heterocycles. The van der Waals surface area contributed by atoms with Gasteiger partial charge in [-0.05, 0) is 31.0 Å². The average molecular weight is 290 g/mol. The second-order valence-corrected chi connectivity index (χ2v) is 7.51. The van der Waals surface area contributed by atoms with Crippen molar-refractivity contribution in [3.8, 4) is 0 Å². The summed E-state index contributed by atoms with van der Waals surface area (Å²) in [6.07, 6.45) is 6.50. The van der Waals surface area contributed by atoms with Crippen LogP contribution >= 0.6 is 11.8 Å². The van der Waals surface area contributed by atoms with Crippen molar-refractivity contribution in [3.05, 3.63) is 29.8 Å². The Morgan fingerprint density at radius 2 is 2.05 bits per heavy atom. The van der Waals surface area contributed by atoms with E-state index < -0.39 is 0 Å². The molecule has 1 heterocycles. The van der Waals surface area contributed by atoms with E-state index in [-0.39, 0.29) is 5.91 Å². The molecule has 1 aromatic carbocycles. The van der Waals surface area contributed by atoms with Gasteiger partial charge in [-0.3, -0.25) is 4.79 Å². The molecule has 1 saturated heterocycles. The van der Waals surface area contributed by atoms with E-state index in [4.69, 9.17) is 5.73 Å². The molecule has 1 saturated carbocycles. The van der Waals surface area contributed by atoms with Gasteiger partial charge in [0.1, 0.15) is 0 Å². The van der Waals surface area contributed by atoms with Crippen molar-refractivity contribution in [2.45, 2.75) is 36.9 Å². The van der Waals surface area contributed by atoms with Gasteiger partial charge >= 0.3 is 0 Å². The third-order valence-electron chi connectivity index (χ3n) is 4.43. The van der Waals surface area contributed by atoms with Gasteiger partial charge in [0.25, 0.3) is 5.91 Å². The molecule has 1 spiro atoms. The SMILES string of the molecule is Nc1cccc(C(=O)N2CCSC3(CCCCC3)C2)c1. The van der Waals surface area contributed by atoms with E-state index in [2.05, 4.69) is 11.8 Å². The van der Waals surface area contributed by atoms with E-state index in [0.717, 1.165) is 24.4 Å². The number of nitrogen functional groups attached to an aromatic ring is 1. The maximum absolute atomic E-state index is 12.6. The maximum atomic E-state index is 12.6. The van der Waals surface area contributed by atoms with Crippen molar-refractivity contribution in [1.29, 1.82) is 0 Å². The number of carbonyl (C=O) groups is 1. The van der Waals surface area contributed by atoms with Gasteiger partial charge in [0, 0.05) is 34.8 Å². The number of benzene rings is 1. The summed E-state index contributed by atoms with van der Waals surface area (Å²) >= 11 is 2.09. The summed E-state index contributed by atoms with van der Waals surface area (Å²) in [7, 11) is 0. The van der Waals surface area contributed by atoms with Crippen LogP contribution in [0.2, 0.25) is 0 Å². The van der Waals surface area contributed by atoms with Crippen LogP contribution in [0.15, 0.2) is 24.3 Å². The third kappa shape index (κ3) is 2.80. The van der Waals surface area contributed by atoms with E-state index in [9.17, 15) is 4.79 Å². The number of nitrogens with two attached hydrogens (primary N) is 1. The quantitative estimate of drug-likeness (QED) is 0.808. The molecule has 0 atom stereocenters. The molecule has 2 N–H and O–H groups in total. The summed E-state index contributed by atoms with van der Waals surface area (Å²) in [6.45, 7) is 1.77. The van der Waals surface area contributed by atoms with Crippen molar-refractivity contribution >= 4 is 23.4 Å². The molecule has 0 unspecified atom stereocenters. The smallest absolute Gasteiger partial charge is 0.254 e. The second-order valence-electron chi connectivity index (χ2n) is 5.94. The molecule has 0 radical (unpaired) electrons. The average Bonchev–Trinajstić information content (AvgIpc) is 2.47. The van der Waals surface area contributed by atoms with Crippen molar-refractivity contribution < 1.29 is 4.79 Å². The van der Waals surface area contributed by atoms with Gasteiger partial charge in [0.15, 0.2) is 0 Å². The number of nitrogens with zero attached hydrogens (tertiary/aromatic N) is 1. The summed E-state index contributed by atoms with van der Waals surface area (Å²) in [5.41, 5.74) is 7.17. The molecule has 1 aromatic rings. The predicted octanol–water partition coefficient (Wildman–Crippen LogP) is 3.16. The topological polar surface area (TPSA) is 46.3 Å². The minimum absolute atomic E-state index is 0.141. The highest BCUT2D eigenvalue weighted by Gasteiger charge is 2.38. The van der Waals surface area contributed by atoms with Crippen molar-refractivity contribution in [1.82, 2.24) is 4.90 Å². The summed E-state index contributed by atoms with van der Waals surface area (Å²) in [6, 6.07) is 7.34. The standard InChI is InChI=1S/C16H22N2OS/c17-14-6-4-5-13(11-14)15(19)18-9-10-20-16(12-18)7-2-1-3-8-16/h4-6,11H,1-3,7-10,12,17H2. The van der Waals surface area contributed by atoms with Gasteiger partial charge in [-0.25, -0.2) is 0 Å². The highest BCUT2D eigenvalue weighted by molar-refractivity contribution is 8.00. The number of carbonyl (C=O) groups excluding carboxylic acids is 1. The first-order chi connectivity index (χ1) is 9.69. The van der Waals surface area contributed by atoms with Crippen LogP contribution in [0.5, 0.6) is 0 Å². The fourth-order valence-electron chi connectivity index (χ4n) is 3.37. The second kappa shape index (κ2) is 5.68. The largest absolute Gasteiger partial charge is 0.399 e. The van der Waals surface area contributed by atoms with Crippen molar-refractivity contribution in [3.63, 3.8) is 0 Å². The lowest BCUT2D eigenvalue weighted by molar-refractivity contribution is 0.0730. The first-order valence-corrected chi connectivity index (χ1v) is 8.46. The third-order valence-corrected chi connectivity index (χ3v) is 5.97. The lowest BCUT2D eigenvalue weighted by atomic mass is 9.87. The molecule has 1 amide bonds. The van der Waals surface area contributed by atoms with Gasteiger partial charge in [-0.1, -0.05) is 25.3 Å². The number of amides is 1. The van der Waals surface area contributed by atoms with Crippen molar-refractivity contribution in [2.75, 3.05) is 24.6 Å². The Morgan fingerprint density at radius 3 is 2.80 bits per heavy atom. The number of hydrogen-bond donors (Lipinski definition) is 1. The van der Waals surface area contributed by atoms with Crippen LogP contribution in [0.4, 0.5) is 5.69 Å². The van der Waals surface area contributed by atoms with Crippen LogP contribution in [-0.4, -0.2) is 34.4 Å². The Kier molecular flexibility index (Phi) is 3.92. The molecular formula is C16H22N2OS. The van der Waals surface area contributed by atoms with Crippen LogP contribution < -0.4 is 5.73 Å². The molecule has 4 heteroatoms. The van der Waals surface area contributed by atoms with Crippen LogP contribution in [0.3, 0.4) is 0 Å². The molecule has 2 aliphatic rings. The van der Waals surface area contributed by atoms with Crippen LogP contribution in [0, 0.1) is 0 Å². The molecular weight excluding hydrogens is 268 g/mol. The summed E-state index contributed by atoms with van der Waals surface area (Å²) < 4.78 is 0.326. The van der Waals surface area contributed by atoms with E-state index in [0.29, 0.717) is 10.4 Å². The highest BCUT2D eigenvalue weighted by atomic mass is 32.2. The molecule has 0 bridgehead atoms. The van der Waals surface area contributed by atoms with Gasteiger partial charge in [0.2, 0.25) is 0 Å². The zero-order valence-electron chi connectivity index (χ0n) is 11.8. The van der Waals surface area contributed by atoms with E-state index in [1.165, 1.54) is 32.1 Å². The molecule has 1 aliphatic carbocycles. The van der Waals surface area contributed by atoms with Gasteiger partial charge in [-0.2, -0.15) is 11.8 Å². The normalized spacial score (nSPS) is 21.9. The zero-order chi connectivity index (χ0) is 14.0. The lowest BCUT2D eigenvalue weighted by Gasteiger charge is -2.44. The zero-order valence-corrected chi connectivity index (χ0v) is 12.6. The molecule has 3 rings (SSSR count). The van der Waals surface area contributed by atoms with Crippen molar-refractivity contribution in [2.24, 2.45) is 0 Å². The minimum Gasteiger partial charge on any atom is -0.399 e. The van der Waals surface area contributed by atoms with E-state index >= 15 is 0 Å². The van der Waals surface area contributed by atoms with Crippen LogP contribution in [-0.2, 0) is 0 Å². The lowest BCUT2D eigenvalue weighted by Crippen LogP contribution is -2.49. The number of thioether (sulfide) groups is 1. The Bertz CT molecular complexity index is 491. The summed E-state index contributed by atoms with van der Waals surface area (Å²) in [5.74, 6) is 1.20. The van der Waals surface area contributed by atoms with E-state index in [1.54, 1.807) is 6.07 Å². The molecule has 2 fully saturated rings. The predicted molar refractivity (Wildman–Crippen MR) is 85.0 cm³/mol. The number of anilines is 1. The molecule has 20 heavy (non-hydrogen) atoms. The fraction of sp³-hybridized carbons (Fsp3) is 0.562. The van der Waals surface area contributed by atoms with Crippen LogP contribution in [0.1, 0.15) is 42.5 Å². The summed E-state index contributed by atoms with van der Waals surface area (Å²) in [5, 5.41) is 0.